The van der Waals surface area contributed by atoms with Crippen molar-refractivity contribution in [2.75, 3.05) is 5.12 Å². The third kappa shape index (κ3) is 1.51. The number of fused-ring (bicyclic) bond motifs is 3. The van der Waals surface area contributed by atoms with Gasteiger partial charge in [-0.2, -0.15) is 5.53 Å². The number of nitrogens with zero attached hydrogens (tertiary/aromatic N) is 1. The summed E-state index contributed by atoms with van der Waals surface area (Å²) >= 11 is 0. The maximum absolute atomic E-state index is 5.80. The third-order valence-electron chi connectivity index (χ3n) is 3.22. The number of nitrogens with two attached hydrogens (primary N) is 2. The first-order valence-corrected chi connectivity index (χ1v) is 5.52. The second kappa shape index (κ2) is 3.85. The van der Waals surface area contributed by atoms with Gasteiger partial charge in [0.1, 0.15) is 0 Å². The number of rotatable bonds is 2. The van der Waals surface area contributed by atoms with Gasteiger partial charge in [-0.3, -0.25) is 5.84 Å². The van der Waals surface area contributed by atoms with Crippen LogP contribution in [0.1, 0.15) is 11.1 Å². The molecule has 0 saturated heterocycles. The van der Waals surface area contributed by atoms with Crippen LogP contribution in [0.5, 0.6) is 0 Å². The predicted octanol–water partition coefficient (Wildman–Crippen LogP) is 1.32. The van der Waals surface area contributed by atoms with E-state index in [9.17, 15) is 0 Å². The molecule has 1 aliphatic rings. The van der Waals surface area contributed by atoms with E-state index in [-0.39, 0.29) is 0 Å². The first-order valence-electron chi connectivity index (χ1n) is 5.52. The molecule has 1 aliphatic carbocycles. The Morgan fingerprint density at radius 1 is 1.00 bits per heavy atom. The first kappa shape index (κ1) is 10.3. The molecule has 0 radical (unpaired) electrons. The minimum atomic E-state index is 0.900. The van der Waals surface area contributed by atoms with Gasteiger partial charge >= 0.3 is 0 Å². The van der Waals surface area contributed by atoms with E-state index >= 15 is 0 Å². The molecular weight excluding hydrogens is 212 g/mol. The summed E-state index contributed by atoms with van der Waals surface area (Å²) in [5.41, 5.74) is 8.44. The van der Waals surface area contributed by atoms with E-state index in [0.717, 1.165) is 12.1 Å². The molecule has 0 fully saturated rings. The van der Waals surface area contributed by atoms with Crippen LogP contribution in [0.3, 0.4) is 0 Å². The number of nitrogens with one attached hydrogen (secondary N) is 1. The molecule has 0 aliphatic heterocycles. The molecule has 0 unspecified atom stereocenters. The van der Waals surface area contributed by atoms with Crippen LogP contribution in [0.25, 0.3) is 11.1 Å². The average Bonchev–Trinajstić information content (AvgIpc) is 2.76. The monoisotopic (exact) mass is 226 g/mol. The number of benzene rings is 2. The van der Waals surface area contributed by atoms with Crippen LogP contribution in [0.15, 0.2) is 42.5 Å². The van der Waals surface area contributed by atoms with Crippen LogP contribution in [-0.4, -0.2) is 0 Å². The van der Waals surface area contributed by atoms with Crippen molar-refractivity contribution in [3.63, 3.8) is 0 Å². The zero-order valence-corrected chi connectivity index (χ0v) is 9.35. The second-order valence-electron chi connectivity index (χ2n) is 4.14. The molecule has 4 nitrogen and oxygen atoms in total. The Kier molecular flexibility index (Phi) is 2.33. The van der Waals surface area contributed by atoms with Crippen molar-refractivity contribution in [3.05, 3.63) is 53.6 Å². The van der Waals surface area contributed by atoms with Crippen molar-refractivity contribution in [2.45, 2.75) is 6.42 Å². The fourth-order valence-electron chi connectivity index (χ4n) is 2.44. The lowest BCUT2D eigenvalue weighted by molar-refractivity contribution is 0.676. The minimum absolute atomic E-state index is 0.900. The van der Waals surface area contributed by atoms with Gasteiger partial charge < -0.3 is 0 Å². The Balaban J connectivity index is 2.17. The molecule has 0 saturated carbocycles. The summed E-state index contributed by atoms with van der Waals surface area (Å²) in [7, 11) is 0. The average molecular weight is 226 g/mol. The SMILES string of the molecule is NNN(N)c1cccc2c1Cc1ccccc1-2. The van der Waals surface area contributed by atoms with Crippen LogP contribution in [-0.2, 0) is 6.42 Å². The van der Waals surface area contributed by atoms with Gasteiger partial charge in [-0.15, -0.1) is 0 Å². The van der Waals surface area contributed by atoms with E-state index < -0.39 is 0 Å². The smallest absolute Gasteiger partial charge is 0.0755 e. The molecule has 0 heterocycles. The minimum Gasteiger partial charge on any atom is -0.252 e. The number of anilines is 1. The summed E-state index contributed by atoms with van der Waals surface area (Å²) < 4.78 is 0. The molecule has 0 atom stereocenters. The van der Waals surface area contributed by atoms with E-state index in [2.05, 4.69) is 35.9 Å². The number of hydrogen-bond donors (Lipinski definition) is 3. The highest BCUT2D eigenvalue weighted by Gasteiger charge is 2.21. The third-order valence-corrected chi connectivity index (χ3v) is 3.22. The lowest BCUT2D eigenvalue weighted by Crippen LogP contribution is -2.48. The second-order valence-corrected chi connectivity index (χ2v) is 4.14. The molecule has 0 bridgehead atoms. The van der Waals surface area contributed by atoms with Crippen LogP contribution in [0, 0.1) is 0 Å². The van der Waals surface area contributed by atoms with Crippen molar-refractivity contribution < 1.29 is 0 Å². The summed E-state index contributed by atoms with van der Waals surface area (Å²) in [6.45, 7) is 0. The van der Waals surface area contributed by atoms with Gasteiger partial charge in [-0.05, 0) is 28.3 Å². The van der Waals surface area contributed by atoms with Crippen LogP contribution in [0.4, 0.5) is 5.69 Å². The van der Waals surface area contributed by atoms with Crippen molar-refractivity contribution in [3.8, 4) is 11.1 Å². The Morgan fingerprint density at radius 3 is 2.59 bits per heavy atom. The van der Waals surface area contributed by atoms with Crippen molar-refractivity contribution in [2.24, 2.45) is 11.7 Å². The Hall–Kier alpha value is -1.88. The quantitative estimate of drug-likeness (QED) is 0.455. The molecule has 0 spiro atoms. The predicted molar refractivity (Wildman–Crippen MR) is 68.7 cm³/mol. The fraction of sp³-hybridized carbons (Fsp3) is 0.0769. The van der Waals surface area contributed by atoms with Crippen LogP contribution in [0.2, 0.25) is 0 Å². The molecule has 3 rings (SSSR count). The summed E-state index contributed by atoms with van der Waals surface area (Å²) in [6, 6.07) is 14.5. The Labute approximate surface area is 99.7 Å². The van der Waals surface area contributed by atoms with Gasteiger partial charge in [0, 0.05) is 6.42 Å². The van der Waals surface area contributed by atoms with Gasteiger partial charge in [0.15, 0.2) is 0 Å². The summed E-state index contributed by atoms with van der Waals surface area (Å²) in [6.07, 6.45) is 0.900. The van der Waals surface area contributed by atoms with Crippen LogP contribution >= 0.6 is 0 Å². The molecule has 86 valence electrons. The molecule has 17 heavy (non-hydrogen) atoms. The van der Waals surface area contributed by atoms with Crippen molar-refractivity contribution in [1.82, 2.24) is 5.53 Å². The van der Waals surface area contributed by atoms with Gasteiger partial charge in [-0.25, -0.2) is 11.0 Å². The maximum Gasteiger partial charge on any atom is 0.0755 e. The highest BCUT2D eigenvalue weighted by atomic mass is 15.7. The van der Waals surface area contributed by atoms with E-state index in [4.69, 9.17) is 11.7 Å². The maximum atomic E-state index is 5.80. The lowest BCUT2D eigenvalue weighted by atomic mass is 10.1. The van der Waals surface area contributed by atoms with Crippen molar-refractivity contribution in [1.29, 1.82) is 0 Å². The zero-order valence-electron chi connectivity index (χ0n) is 9.35. The van der Waals surface area contributed by atoms with E-state index in [1.165, 1.54) is 27.4 Å². The zero-order chi connectivity index (χ0) is 11.8. The first-order chi connectivity index (χ1) is 8.31. The molecule has 4 heteroatoms. The Bertz CT molecular complexity index is 565. The highest BCUT2D eigenvalue weighted by Crippen LogP contribution is 2.40. The summed E-state index contributed by atoms with van der Waals surface area (Å²) in [5, 5.41) is 1.35. The normalized spacial score (nSPS) is 12.1. The molecular formula is C13H14N4. The molecule has 2 aromatic rings. The van der Waals surface area contributed by atoms with E-state index in [1.54, 1.807) is 0 Å². The van der Waals surface area contributed by atoms with E-state index in [1.807, 2.05) is 12.1 Å². The van der Waals surface area contributed by atoms with Crippen molar-refractivity contribution >= 4 is 5.69 Å². The molecule has 0 amide bonds. The standard InChI is InChI=1S/C13H14N4/c14-16-17(15)13-7-3-6-11-10-5-2-1-4-9(10)8-12(11)13/h1-7,16H,8,14-15H2. The molecule has 2 aromatic carbocycles. The Morgan fingerprint density at radius 2 is 1.76 bits per heavy atom. The van der Waals surface area contributed by atoms with E-state index in [0.29, 0.717) is 0 Å². The fourth-order valence-corrected chi connectivity index (χ4v) is 2.44. The summed E-state index contributed by atoms with van der Waals surface area (Å²) in [5.74, 6) is 11.2. The number of hydrogen-bond acceptors (Lipinski definition) is 4. The largest absolute Gasteiger partial charge is 0.252 e. The highest BCUT2D eigenvalue weighted by molar-refractivity contribution is 5.81. The van der Waals surface area contributed by atoms with Gasteiger partial charge in [0.25, 0.3) is 0 Å². The van der Waals surface area contributed by atoms with Crippen LogP contribution < -0.4 is 22.3 Å². The summed E-state index contributed by atoms with van der Waals surface area (Å²) in [4.78, 5) is 0. The topological polar surface area (TPSA) is 67.3 Å². The number of hydrazine groups is 3. The lowest BCUT2D eigenvalue weighted by Gasteiger charge is -2.19. The molecule has 0 aromatic heterocycles. The van der Waals surface area contributed by atoms with Gasteiger partial charge in [-0.1, -0.05) is 36.4 Å². The van der Waals surface area contributed by atoms with Gasteiger partial charge in [0.05, 0.1) is 5.69 Å². The molecule has 5 N–H and O–H groups in total. The van der Waals surface area contributed by atoms with Gasteiger partial charge in [0.2, 0.25) is 0 Å².